The minimum absolute atomic E-state index is 0.106. The van der Waals surface area contributed by atoms with Crippen molar-refractivity contribution in [3.05, 3.63) is 34.9 Å². The summed E-state index contributed by atoms with van der Waals surface area (Å²) in [5.74, 6) is 0.985. The Morgan fingerprint density at radius 2 is 2.15 bits per heavy atom. The van der Waals surface area contributed by atoms with Crippen LogP contribution in [0.3, 0.4) is 0 Å². The van der Waals surface area contributed by atoms with Crippen molar-refractivity contribution in [3.63, 3.8) is 0 Å². The first-order valence-electron chi connectivity index (χ1n) is 9.86. The molecular weight excluding hydrogens is 324 g/mol. The Morgan fingerprint density at radius 1 is 1.38 bits per heavy atom. The van der Waals surface area contributed by atoms with Crippen molar-refractivity contribution in [2.45, 2.75) is 51.8 Å². The highest BCUT2D eigenvalue weighted by molar-refractivity contribution is 5.80. The maximum absolute atomic E-state index is 6.08. The third kappa shape index (κ3) is 4.57. The molecule has 2 fully saturated rings. The van der Waals surface area contributed by atoms with Crippen LogP contribution in [0.4, 0.5) is 0 Å². The summed E-state index contributed by atoms with van der Waals surface area (Å²) in [6.07, 6.45) is 2.79. The lowest BCUT2D eigenvalue weighted by Gasteiger charge is -2.36. The molecule has 1 saturated carbocycles. The highest BCUT2D eigenvalue weighted by Crippen LogP contribution is 2.27. The van der Waals surface area contributed by atoms with Gasteiger partial charge in [0, 0.05) is 32.2 Å². The first-order valence-corrected chi connectivity index (χ1v) is 9.86. The maximum Gasteiger partial charge on any atom is 0.193 e. The summed E-state index contributed by atoms with van der Waals surface area (Å²) in [7, 11) is 4.11. The third-order valence-corrected chi connectivity index (χ3v) is 5.72. The molecule has 2 aliphatic rings. The fraction of sp³-hybridized carbons (Fsp3) is 0.667. The Balaban J connectivity index is 1.59. The van der Waals surface area contributed by atoms with Crippen molar-refractivity contribution in [2.75, 3.05) is 40.3 Å². The molecule has 5 nitrogen and oxygen atoms in total. The second-order valence-electron chi connectivity index (χ2n) is 7.84. The standard InChI is InChI=1S/C21H34N4O/c1-15-6-9-19(16(2)12-15)20-14-25(10-11-26-20)21(22-4)23-13-17(3)24(5)18-7-8-18/h6,9,12,17-18,20H,7-8,10-11,13-14H2,1-5H3,(H,22,23). The summed E-state index contributed by atoms with van der Waals surface area (Å²) in [5.41, 5.74) is 3.89. The molecule has 1 N–H and O–H groups in total. The van der Waals surface area contributed by atoms with Gasteiger partial charge in [-0.2, -0.15) is 0 Å². The van der Waals surface area contributed by atoms with Crippen molar-refractivity contribution < 1.29 is 4.74 Å². The summed E-state index contributed by atoms with van der Waals surface area (Å²) >= 11 is 0. The number of nitrogens with one attached hydrogen (secondary N) is 1. The van der Waals surface area contributed by atoms with Crippen LogP contribution in [0.25, 0.3) is 0 Å². The monoisotopic (exact) mass is 358 g/mol. The van der Waals surface area contributed by atoms with E-state index in [-0.39, 0.29) is 6.10 Å². The van der Waals surface area contributed by atoms with Crippen molar-refractivity contribution in [1.82, 2.24) is 15.1 Å². The van der Waals surface area contributed by atoms with Crippen LogP contribution < -0.4 is 5.32 Å². The van der Waals surface area contributed by atoms with E-state index in [0.29, 0.717) is 6.04 Å². The first kappa shape index (κ1) is 19.2. The highest BCUT2D eigenvalue weighted by Gasteiger charge is 2.30. The van der Waals surface area contributed by atoms with Crippen LogP contribution in [0.1, 0.15) is 42.6 Å². The Bertz CT molecular complexity index is 641. The number of rotatable bonds is 5. The average molecular weight is 359 g/mol. The van der Waals surface area contributed by atoms with Gasteiger partial charge in [0.2, 0.25) is 0 Å². The molecule has 0 spiro atoms. The zero-order valence-electron chi connectivity index (χ0n) is 17.0. The number of hydrogen-bond donors (Lipinski definition) is 1. The van der Waals surface area contributed by atoms with E-state index in [0.717, 1.165) is 38.2 Å². The molecule has 5 heteroatoms. The van der Waals surface area contributed by atoms with Gasteiger partial charge in [-0.1, -0.05) is 23.8 Å². The number of aryl methyl sites for hydroxylation is 2. The minimum atomic E-state index is 0.106. The van der Waals surface area contributed by atoms with Crippen LogP contribution in [0.2, 0.25) is 0 Å². The zero-order valence-corrected chi connectivity index (χ0v) is 17.0. The molecule has 0 aromatic heterocycles. The van der Waals surface area contributed by atoms with Gasteiger partial charge >= 0.3 is 0 Å². The molecular formula is C21H34N4O. The SMILES string of the molecule is CN=C(NCC(C)N(C)C1CC1)N1CCOC(c2ccc(C)cc2C)C1. The van der Waals surface area contributed by atoms with E-state index in [1.165, 1.54) is 29.5 Å². The van der Waals surface area contributed by atoms with Gasteiger partial charge < -0.3 is 15.0 Å². The second-order valence-corrected chi connectivity index (χ2v) is 7.84. The lowest BCUT2D eigenvalue weighted by molar-refractivity contribution is -0.00840. The van der Waals surface area contributed by atoms with Gasteiger partial charge in [0.25, 0.3) is 0 Å². The smallest absolute Gasteiger partial charge is 0.193 e. The normalized spacial score (nSPS) is 22.6. The minimum Gasteiger partial charge on any atom is -0.370 e. The Morgan fingerprint density at radius 3 is 2.81 bits per heavy atom. The molecule has 0 bridgehead atoms. The molecule has 3 rings (SSSR count). The number of morpholine rings is 1. The van der Waals surface area contributed by atoms with Gasteiger partial charge in [-0.3, -0.25) is 9.89 Å². The molecule has 1 saturated heterocycles. The molecule has 0 radical (unpaired) electrons. The quantitative estimate of drug-likeness (QED) is 0.649. The van der Waals surface area contributed by atoms with Gasteiger partial charge in [0.1, 0.15) is 6.10 Å². The van der Waals surface area contributed by atoms with Crippen LogP contribution in [-0.2, 0) is 4.74 Å². The zero-order chi connectivity index (χ0) is 18.7. The number of nitrogens with zero attached hydrogens (tertiary/aromatic N) is 3. The average Bonchev–Trinajstić information content (AvgIpc) is 3.47. The fourth-order valence-corrected chi connectivity index (χ4v) is 3.77. The van der Waals surface area contributed by atoms with E-state index in [4.69, 9.17) is 4.74 Å². The van der Waals surface area contributed by atoms with Crippen molar-refractivity contribution in [1.29, 1.82) is 0 Å². The molecule has 1 aliphatic carbocycles. The fourth-order valence-electron chi connectivity index (χ4n) is 3.77. The molecule has 26 heavy (non-hydrogen) atoms. The molecule has 2 unspecified atom stereocenters. The van der Waals surface area contributed by atoms with Crippen LogP contribution >= 0.6 is 0 Å². The van der Waals surface area contributed by atoms with Crippen LogP contribution in [0, 0.1) is 13.8 Å². The molecule has 1 aliphatic heterocycles. The molecule has 0 amide bonds. The lowest BCUT2D eigenvalue weighted by Crippen LogP contribution is -2.51. The van der Waals surface area contributed by atoms with Gasteiger partial charge in [-0.15, -0.1) is 0 Å². The largest absolute Gasteiger partial charge is 0.370 e. The van der Waals surface area contributed by atoms with E-state index >= 15 is 0 Å². The van der Waals surface area contributed by atoms with Crippen LogP contribution in [0.15, 0.2) is 23.2 Å². The van der Waals surface area contributed by atoms with Gasteiger partial charge in [-0.25, -0.2) is 0 Å². The lowest BCUT2D eigenvalue weighted by atomic mass is 10.00. The van der Waals surface area contributed by atoms with Crippen LogP contribution in [0.5, 0.6) is 0 Å². The van der Waals surface area contributed by atoms with E-state index in [9.17, 15) is 0 Å². The molecule has 2 atom stereocenters. The summed E-state index contributed by atoms with van der Waals surface area (Å²) in [5, 5.41) is 3.58. The Labute approximate surface area is 158 Å². The van der Waals surface area contributed by atoms with E-state index in [1.807, 2.05) is 7.05 Å². The molecule has 1 aromatic carbocycles. The van der Waals surface area contributed by atoms with E-state index < -0.39 is 0 Å². The summed E-state index contributed by atoms with van der Waals surface area (Å²) < 4.78 is 6.08. The van der Waals surface area contributed by atoms with Crippen molar-refractivity contribution in [2.24, 2.45) is 4.99 Å². The summed E-state index contributed by atoms with van der Waals surface area (Å²) in [6, 6.07) is 7.91. The molecule has 1 aromatic rings. The number of benzene rings is 1. The van der Waals surface area contributed by atoms with Gasteiger partial charge in [0.15, 0.2) is 5.96 Å². The third-order valence-electron chi connectivity index (χ3n) is 5.72. The predicted octanol–water partition coefficient (Wildman–Crippen LogP) is 2.73. The number of aliphatic imine (C=N–C) groups is 1. The number of guanidine groups is 1. The molecule has 144 valence electrons. The predicted molar refractivity (Wildman–Crippen MR) is 108 cm³/mol. The van der Waals surface area contributed by atoms with Gasteiger partial charge in [-0.05, 0) is 51.8 Å². The van der Waals surface area contributed by atoms with Crippen molar-refractivity contribution in [3.8, 4) is 0 Å². The van der Waals surface area contributed by atoms with Crippen molar-refractivity contribution >= 4 is 5.96 Å². The topological polar surface area (TPSA) is 40.1 Å². The van der Waals surface area contributed by atoms with E-state index in [1.54, 1.807) is 0 Å². The number of hydrogen-bond acceptors (Lipinski definition) is 3. The van der Waals surface area contributed by atoms with Gasteiger partial charge in [0.05, 0.1) is 13.2 Å². The second kappa shape index (κ2) is 8.40. The van der Waals surface area contributed by atoms with Crippen LogP contribution in [-0.4, -0.2) is 68.2 Å². The maximum atomic E-state index is 6.08. The number of likely N-dealkylation sites (N-methyl/N-ethyl adjacent to an activating group) is 1. The summed E-state index contributed by atoms with van der Waals surface area (Å²) in [4.78, 5) is 9.34. The summed E-state index contributed by atoms with van der Waals surface area (Å²) in [6.45, 7) is 9.98. The van der Waals surface area contributed by atoms with E-state index in [2.05, 4.69) is 66.1 Å². The Hall–Kier alpha value is -1.59. The number of ether oxygens (including phenoxy) is 1. The Kier molecular flexibility index (Phi) is 6.20. The molecule has 1 heterocycles. The highest BCUT2D eigenvalue weighted by atomic mass is 16.5. The first-order chi connectivity index (χ1) is 12.5.